The van der Waals surface area contributed by atoms with E-state index in [0.717, 1.165) is 32.1 Å². The molecule has 0 aromatic rings. The van der Waals surface area contributed by atoms with Gasteiger partial charge in [0.1, 0.15) is 0 Å². The first-order chi connectivity index (χ1) is 8.83. The van der Waals surface area contributed by atoms with Crippen LogP contribution >= 0.6 is 0 Å². The third kappa shape index (κ3) is 7.15. The number of carbonyl (C=O) groups is 1. The molecule has 5 heteroatoms. The van der Waals surface area contributed by atoms with E-state index in [0.29, 0.717) is 26.3 Å². The lowest BCUT2D eigenvalue weighted by molar-refractivity contribution is 0.108. The third-order valence-corrected chi connectivity index (χ3v) is 2.56. The Labute approximate surface area is 108 Å². The molecule has 0 saturated carbocycles. The van der Waals surface area contributed by atoms with Gasteiger partial charge in [0.15, 0.2) is 6.10 Å². The zero-order valence-electron chi connectivity index (χ0n) is 10.7. The van der Waals surface area contributed by atoms with Gasteiger partial charge in [0.05, 0.1) is 13.2 Å². The molecule has 0 spiro atoms. The Bertz CT molecular complexity index is 296. The van der Waals surface area contributed by atoms with Crippen molar-refractivity contribution in [3.63, 3.8) is 0 Å². The Morgan fingerprint density at radius 2 is 2.22 bits per heavy atom. The van der Waals surface area contributed by atoms with Gasteiger partial charge in [-0.1, -0.05) is 18.3 Å². The van der Waals surface area contributed by atoms with E-state index in [1.807, 2.05) is 0 Å². The fourth-order valence-electron chi connectivity index (χ4n) is 1.65. The van der Waals surface area contributed by atoms with Gasteiger partial charge in [0.25, 0.3) is 0 Å². The molecule has 0 aromatic heterocycles. The molecule has 0 aromatic carbocycles. The minimum Gasteiger partial charge on any atom is -0.433 e. The molecule has 1 aliphatic rings. The maximum Gasteiger partial charge on any atom is 0.408 e. The summed E-state index contributed by atoms with van der Waals surface area (Å²) in [6.07, 6.45) is 4.39. The van der Waals surface area contributed by atoms with Crippen LogP contribution in [0.25, 0.3) is 0 Å². The van der Waals surface area contributed by atoms with Crippen LogP contribution in [0.1, 0.15) is 32.1 Å². The Hall–Kier alpha value is -1.25. The van der Waals surface area contributed by atoms with Crippen LogP contribution in [0.3, 0.4) is 0 Å². The normalized spacial score (nSPS) is 19.1. The molecule has 0 saturated heterocycles. The van der Waals surface area contributed by atoms with E-state index in [4.69, 9.17) is 15.2 Å². The number of alkyl carbamates (subject to hydrolysis) is 1. The van der Waals surface area contributed by atoms with Gasteiger partial charge in [-0.15, -0.1) is 0 Å². The molecular weight excluding hydrogens is 232 g/mol. The van der Waals surface area contributed by atoms with Crippen molar-refractivity contribution >= 4 is 6.09 Å². The highest BCUT2D eigenvalue weighted by molar-refractivity contribution is 5.67. The number of carbonyl (C=O) groups excluding carboxylic acids is 1. The smallest absolute Gasteiger partial charge is 0.408 e. The molecular formula is C13H22N2O3. The van der Waals surface area contributed by atoms with Crippen molar-refractivity contribution in [3.05, 3.63) is 0 Å². The van der Waals surface area contributed by atoms with E-state index < -0.39 is 6.09 Å². The van der Waals surface area contributed by atoms with Crippen LogP contribution in [-0.2, 0) is 9.47 Å². The van der Waals surface area contributed by atoms with Crippen LogP contribution in [0.5, 0.6) is 0 Å². The van der Waals surface area contributed by atoms with E-state index in [9.17, 15) is 4.79 Å². The van der Waals surface area contributed by atoms with Gasteiger partial charge in [0, 0.05) is 19.5 Å². The molecule has 0 heterocycles. The van der Waals surface area contributed by atoms with Crippen molar-refractivity contribution in [2.75, 3.05) is 26.3 Å². The fraction of sp³-hybridized carbons (Fsp3) is 0.769. The van der Waals surface area contributed by atoms with Crippen molar-refractivity contribution < 1.29 is 14.3 Å². The number of rotatable bonds is 6. The van der Waals surface area contributed by atoms with Gasteiger partial charge >= 0.3 is 6.09 Å². The van der Waals surface area contributed by atoms with Crippen LogP contribution < -0.4 is 11.1 Å². The third-order valence-electron chi connectivity index (χ3n) is 2.56. The first-order valence-corrected chi connectivity index (χ1v) is 6.53. The molecule has 102 valence electrons. The first-order valence-electron chi connectivity index (χ1n) is 6.53. The summed E-state index contributed by atoms with van der Waals surface area (Å²) < 4.78 is 10.4. The number of hydrogen-bond acceptors (Lipinski definition) is 4. The Kier molecular flexibility index (Phi) is 8.02. The predicted molar refractivity (Wildman–Crippen MR) is 69.0 cm³/mol. The molecule has 1 aliphatic carbocycles. The van der Waals surface area contributed by atoms with Gasteiger partial charge in [0.2, 0.25) is 0 Å². The average Bonchev–Trinajstić information content (AvgIpc) is 2.32. The minimum absolute atomic E-state index is 0.268. The Morgan fingerprint density at radius 1 is 1.33 bits per heavy atom. The summed E-state index contributed by atoms with van der Waals surface area (Å²) in [5, 5.41) is 2.63. The molecule has 1 rings (SSSR count). The zero-order chi connectivity index (χ0) is 13.1. The quantitative estimate of drug-likeness (QED) is 0.548. The van der Waals surface area contributed by atoms with Crippen molar-refractivity contribution in [2.24, 2.45) is 5.73 Å². The summed E-state index contributed by atoms with van der Waals surface area (Å²) in [5.41, 5.74) is 5.27. The van der Waals surface area contributed by atoms with E-state index in [1.54, 1.807) is 0 Å². The molecule has 0 bridgehead atoms. The first kappa shape index (κ1) is 14.8. The fourth-order valence-corrected chi connectivity index (χ4v) is 1.65. The van der Waals surface area contributed by atoms with Crippen molar-refractivity contribution in [3.8, 4) is 11.8 Å². The lowest BCUT2D eigenvalue weighted by atomic mass is 10.1. The molecule has 1 amide bonds. The van der Waals surface area contributed by atoms with E-state index in [-0.39, 0.29) is 6.10 Å². The second kappa shape index (κ2) is 9.75. The molecule has 3 N–H and O–H groups in total. The van der Waals surface area contributed by atoms with E-state index >= 15 is 0 Å². The van der Waals surface area contributed by atoms with Gasteiger partial charge in [-0.05, 0) is 19.3 Å². The topological polar surface area (TPSA) is 73.6 Å². The molecule has 1 atom stereocenters. The SMILES string of the molecule is NCCOCCNC(=O)OC1C#CCCCCC1. The summed E-state index contributed by atoms with van der Waals surface area (Å²) in [6.45, 7) is 1.87. The van der Waals surface area contributed by atoms with Gasteiger partial charge in [-0.3, -0.25) is 0 Å². The predicted octanol–water partition coefficient (Wildman–Crippen LogP) is 1.02. The zero-order valence-corrected chi connectivity index (χ0v) is 10.7. The summed E-state index contributed by atoms with van der Waals surface area (Å²) in [6, 6.07) is 0. The Morgan fingerprint density at radius 3 is 3.06 bits per heavy atom. The monoisotopic (exact) mass is 254 g/mol. The van der Waals surface area contributed by atoms with Crippen molar-refractivity contribution in [1.29, 1.82) is 0 Å². The van der Waals surface area contributed by atoms with Crippen LogP contribution in [0.15, 0.2) is 0 Å². The average molecular weight is 254 g/mol. The molecule has 0 radical (unpaired) electrons. The molecule has 0 aliphatic heterocycles. The van der Waals surface area contributed by atoms with Crippen LogP contribution in [0.4, 0.5) is 4.79 Å². The lowest BCUT2D eigenvalue weighted by Gasteiger charge is -2.14. The van der Waals surface area contributed by atoms with E-state index in [1.165, 1.54) is 0 Å². The maximum atomic E-state index is 11.5. The highest BCUT2D eigenvalue weighted by Crippen LogP contribution is 2.10. The number of amides is 1. The molecule has 18 heavy (non-hydrogen) atoms. The summed E-state index contributed by atoms with van der Waals surface area (Å²) in [7, 11) is 0. The molecule has 0 fully saturated rings. The van der Waals surface area contributed by atoms with Crippen molar-refractivity contribution in [2.45, 2.75) is 38.2 Å². The molecule has 1 unspecified atom stereocenters. The maximum absolute atomic E-state index is 11.5. The van der Waals surface area contributed by atoms with Crippen LogP contribution in [-0.4, -0.2) is 38.5 Å². The summed E-state index contributed by atoms with van der Waals surface area (Å²) >= 11 is 0. The minimum atomic E-state index is -0.425. The number of hydrogen-bond donors (Lipinski definition) is 2. The second-order valence-electron chi connectivity index (χ2n) is 4.14. The summed E-state index contributed by atoms with van der Waals surface area (Å²) in [5.74, 6) is 6.02. The van der Waals surface area contributed by atoms with Crippen LogP contribution in [0, 0.1) is 11.8 Å². The van der Waals surface area contributed by atoms with Crippen LogP contribution in [0.2, 0.25) is 0 Å². The lowest BCUT2D eigenvalue weighted by Crippen LogP contribution is -2.31. The molecule has 5 nitrogen and oxygen atoms in total. The number of nitrogens with two attached hydrogens (primary N) is 1. The Balaban J connectivity index is 2.13. The number of ether oxygens (including phenoxy) is 2. The van der Waals surface area contributed by atoms with Gasteiger partial charge in [-0.25, -0.2) is 4.79 Å². The highest BCUT2D eigenvalue weighted by Gasteiger charge is 2.12. The number of nitrogens with one attached hydrogen (secondary N) is 1. The van der Waals surface area contributed by atoms with Crippen molar-refractivity contribution in [1.82, 2.24) is 5.32 Å². The van der Waals surface area contributed by atoms with Gasteiger partial charge in [-0.2, -0.15) is 0 Å². The standard InChI is InChI=1S/C13H22N2O3/c14-8-10-17-11-9-15-13(16)18-12-6-4-2-1-3-5-7-12/h12H,1-4,6,8-11,14H2,(H,15,16). The van der Waals surface area contributed by atoms with Gasteiger partial charge < -0.3 is 20.5 Å². The summed E-state index contributed by atoms with van der Waals surface area (Å²) in [4.78, 5) is 11.5. The largest absolute Gasteiger partial charge is 0.433 e. The van der Waals surface area contributed by atoms with E-state index in [2.05, 4.69) is 17.2 Å². The highest BCUT2D eigenvalue weighted by atomic mass is 16.6. The second-order valence-corrected chi connectivity index (χ2v) is 4.14.